The molecule has 0 fully saturated rings. The number of hydrogen-bond donors (Lipinski definition) is 0. The van der Waals surface area contributed by atoms with Crippen molar-refractivity contribution in [3.63, 3.8) is 0 Å². The summed E-state index contributed by atoms with van der Waals surface area (Å²) < 4.78 is 0. The van der Waals surface area contributed by atoms with Crippen molar-refractivity contribution >= 4 is 16.7 Å². The molecule has 2 nitrogen and oxygen atoms in total. The van der Waals surface area contributed by atoms with E-state index in [1.807, 2.05) is 31.2 Å². The highest BCUT2D eigenvalue weighted by Crippen LogP contribution is 2.18. The van der Waals surface area contributed by atoms with E-state index in [0.29, 0.717) is 0 Å². The minimum Gasteiger partial charge on any atom is -0.295 e. The lowest BCUT2D eigenvalue weighted by molar-refractivity contribution is 0.101. The highest BCUT2D eigenvalue weighted by Gasteiger charge is 2.04. The summed E-state index contributed by atoms with van der Waals surface area (Å²) in [5.74, 6) is 0.0839. The van der Waals surface area contributed by atoms with Gasteiger partial charge in [-0.2, -0.15) is 0 Å². The van der Waals surface area contributed by atoms with Crippen molar-refractivity contribution in [2.75, 3.05) is 0 Å². The first-order chi connectivity index (χ1) is 6.68. The summed E-state index contributed by atoms with van der Waals surface area (Å²) in [6.07, 6.45) is 1.74. The fourth-order valence-corrected chi connectivity index (χ4v) is 1.57. The first-order valence-electron chi connectivity index (χ1n) is 4.55. The lowest BCUT2D eigenvalue weighted by atomic mass is 10.0. The molecule has 0 bridgehead atoms. The van der Waals surface area contributed by atoms with Crippen molar-refractivity contribution in [3.05, 3.63) is 41.6 Å². The Labute approximate surface area is 82.6 Å². The van der Waals surface area contributed by atoms with Crippen LogP contribution in [0.2, 0.25) is 0 Å². The molecule has 0 unspecified atom stereocenters. The van der Waals surface area contributed by atoms with Crippen LogP contribution in [0.1, 0.15) is 22.8 Å². The number of aryl methyl sites for hydroxylation is 1. The second kappa shape index (κ2) is 3.22. The van der Waals surface area contributed by atoms with Crippen molar-refractivity contribution in [3.8, 4) is 0 Å². The Morgan fingerprint density at radius 2 is 2.14 bits per heavy atom. The summed E-state index contributed by atoms with van der Waals surface area (Å²) in [7, 11) is 0. The maximum Gasteiger partial charge on any atom is 0.159 e. The van der Waals surface area contributed by atoms with Crippen molar-refractivity contribution in [2.24, 2.45) is 0 Å². The average Bonchev–Trinajstić information content (AvgIpc) is 2.17. The minimum atomic E-state index is 0.0839. The standard InChI is InChI=1S/C12H11NO/c1-8-6-10(9(2)14)7-12-11(8)4-3-5-13-12/h3-7H,1-2H3. The van der Waals surface area contributed by atoms with Gasteiger partial charge in [0, 0.05) is 17.1 Å². The van der Waals surface area contributed by atoms with E-state index >= 15 is 0 Å². The molecule has 0 aliphatic rings. The first kappa shape index (κ1) is 8.88. The fraction of sp³-hybridized carbons (Fsp3) is 0.167. The van der Waals surface area contributed by atoms with Gasteiger partial charge >= 0.3 is 0 Å². The molecule has 0 aliphatic heterocycles. The van der Waals surface area contributed by atoms with E-state index in [9.17, 15) is 4.79 Å². The third kappa shape index (κ3) is 1.39. The van der Waals surface area contributed by atoms with Crippen molar-refractivity contribution in [2.45, 2.75) is 13.8 Å². The summed E-state index contributed by atoms with van der Waals surface area (Å²) >= 11 is 0. The van der Waals surface area contributed by atoms with Crippen LogP contribution in [-0.4, -0.2) is 10.8 Å². The van der Waals surface area contributed by atoms with E-state index in [2.05, 4.69) is 4.98 Å². The van der Waals surface area contributed by atoms with Crippen LogP contribution in [0.15, 0.2) is 30.5 Å². The molecule has 70 valence electrons. The van der Waals surface area contributed by atoms with Gasteiger partial charge in [-0.1, -0.05) is 6.07 Å². The SMILES string of the molecule is CC(=O)c1cc(C)c2cccnc2c1. The summed E-state index contributed by atoms with van der Waals surface area (Å²) in [5.41, 5.74) is 2.72. The number of aromatic nitrogens is 1. The molecule has 0 radical (unpaired) electrons. The van der Waals surface area contributed by atoms with Crippen LogP contribution in [0.3, 0.4) is 0 Å². The van der Waals surface area contributed by atoms with Crippen LogP contribution in [0.5, 0.6) is 0 Å². The van der Waals surface area contributed by atoms with Gasteiger partial charge in [0.05, 0.1) is 5.52 Å². The smallest absolute Gasteiger partial charge is 0.159 e. The van der Waals surface area contributed by atoms with E-state index in [1.165, 1.54) is 0 Å². The van der Waals surface area contributed by atoms with E-state index < -0.39 is 0 Å². The lowest BCUT2D eigenvalue weighted by Crippen LogP contribution is -1.94. The van der Waals surface area contributed by atoms with E-state index in [-0.39, 0.29) is 5.78 Å². The molecule has 0 saturated carbocycles. The van der Waals surface area contributed by atoms with Gasteiger partial charge in [0.1, 0.15) is 0 Å². The number of benzene rings is 1. The number of hydrogen-bond acceptors (Lipinski definition) is 2. The number of rotatable bonds is 1. The number of pyridine rings is 1. The van der Waals surface area contributed by atoms with Crippen LogP contribution in [-0.2, 0) is 0 Å². The van der Waals surface area contributed by atoms with Crippen LogP contribution in [0.25, 0.3) is 10.9 Å². The van der Waals surface area contributed by atoms with Crippen molar-refractivity contribution in [1.82, 2.24) is 4.98 Å². The Balaban J connectivity index is 2.78. The zero-order chi connectivity index (χ0) is 10.1. The molecular weight excluding hydrogens is 174 g/mol. The van der Waals surface area contributed by atoms with E-state index in [4.69, 9.17) is 0 Å². The Morgan fingerprint density at radius 3 is 2.86 bits per heavy atom. The first-order valence-corrected chi connectivity index (χ1v) is 4.55. The Hall–Kier alpha value is -1.70. The third-order valence-corrected chi connectivity index (χ3v) is 2.33. The zero-order valence-electron chi connectivity index (χ0n) is 8.24. The number of fused-ring (bicyclic) bond motifs is 1. The number of Topliss-reactive ketones (excluding diaryl/α,β-unsaturated/α-hetero) is 1. The van der Waals surface area contributed by atoms with Crippen LogP contribution in [0.4, 0.5) is 0 Å². The molecule has 0 atom stereocenters. The van der Waals surface area contributed by atoms with Gasteiger partial charge in [-0.15, -0.1) is 0 Å². The molecule has 1 heterocycles. The van der Waals surface area contributed by atoms with Gasteiger partial charge < -0.3 is 0 Å². The average molecular weight is 185 g/mol. The molecule has 2 rings (SSSR count). The molecular formula is C12H11NO. The van der Waals surface area contributed by atoms with Crippen LogP contribution in [0, 0.1) is 6.92 Å². The quantitative estimate of drug-likeness (QED) is 0.639. The molecule has 0 saturated heterocycles. The van der Waals surface area contributed by atoms with Gasteiger partial charge in [0.25, 0.3) is 0 Å². The lowest BCUT2D eigenvalue weighted by Gasteiger charge is -2.03. The molecule has 0 N–H and O–H groups in total. The normalized spacial score (nSPS) is 10.4. The topological polar surface area (TPSA) is 30.0 Å². The summed E-state index contributed by atoms with van der Waals surface area (Å²) in [6, 6.07) is 7.67. The van der Waals surface area contributed by atoms with Crippen LogP contribution >= 0.6 is 0 Å². The maximum absolute atomic E-state index is 11.2. The maximum atomic E-state index is 11.2. The summed E-state index contributed by atoms with van der Waals surface area (Å²) in [4.78, 5) is 15.4. The second-order valence-electron chi connectivity index (χ2n) is 3.42. The largest absolute Gasteiger partial charge is 0.295 e. The predicted octanol–water partition coefficient (Wildman–Crippen LogP) is 2.75. The van der Waals surface area contributed by atoms with Gasteiger partial charge in [-0.25, -0.2) is 0 Å². The number of nitrogens with zero attached hydrogens (tertiary/aromatic N) is 1. The summed E-state index contributed by atoms with van der Waals surface area (Å²) in [6.45, 7) is 3.57. The molecule has 2 heteroatoms. The molecule has 14 heavy (non-hydrogen) atoms. The van der Waals surface area contributed by atoms with Gasteiger partial charge in [-0.3, -0.25) is 9.78 Å². The Bertz CT molecular complexity index is 503. The second-order valence-corrected chi connectivity index (χ2v) is 3.42. The molecule has 1 aromatic carbocycles. The highest BCUT2D eigenvalue weighted by atomic mass is 16.1. The van der Waals surface area contributed by atoms with Crippen molar-refractivity contribution < 1.29 is 4.79 Å². The fourth-order valence-electron chi connectivity index (χ4n) is 1.57. The van der Waals surface area contributed by atoms with E-state index in [1.54, 1.807) is 13.1 Å². The highest BCUT2D eigenvalue weighted by molar-refractivity contribution is 5.98. The summed E-state index contributed by atoms with van der Waals surface area (Å²) in [5, 5.41) is 1.11. The Morgan fingerprint density at radius 1 is 1.36 bits per heavy atom. The van der Waals surface area contributed by atoms with Gasteiger partial charge in [-0.05, 0) is 37.6 Å². The monoisotopic (exact) mass is 185 g/mol. The van der Waals surface area contributed by atoms with Gasteiger partial charge in [0.15, 0.2) is 5.78 Å². The molecule has 1 aromatic heterocycles. The molecule has 0 spiro atoms. The molecule has 0 amide bonds. The number of carbonyl (C=O) groups excluding carboxylic acids is 1. The molecule has 2 aromatic rings. The molecule has 0 aliphatic carbocycles. The Kier molecular flexibility index (Phi) is 2.04. The van der Waals surface area contributed by atoms with Crippen LogP contribution < -0.4 is 0 Å². The van der Waals surface area contributed by atoms with Crippen molar-refractivity contribution in [1.29, 1.82) is 0 Å². The minimum absolute atomic E-state index is 0.0839. The van der Waals surface area contributed by atoms with Gasteiger partial charge in [0.2, 0.25) is 0 Å². The predicted molar refractivity (Wildman–Crippen MR) is 56.5 cm³/mol. The number of ketones is 1. The third-order valence-electron chi connectivity index (χ3n) is 2.33. The number of carbonyl (C=O) groups is 1. The zero-order valence-corrected chi connectivity index (χ0v) is 8.24. The van der Waals surface area contributed by atoms with E-state index in [0.717, 1.165) is 22.0 Å².